The average Bonchev–Trinajstić information content (AvgIpc) is 2.51. The second-order valence-electron chi connectivity index (χ2n) is 4.80. The van der Waals surface area contributed by atoms with E-state index >= 15 is 0 Å². The summed E-state index contributed by atoms with van der Waals surface area (Å²) in [7, 11) is 0. The third-order valence-corrected chi connectivity index (χ3v) is 3.23. The molecule has 6 nitrogen and oxygen atoms in total. The van der Waals surface area contributed by atoms with E-state index in [1.165, 1.54) is 6.92 Å². The Morgan fingerprint density at radius 1 is 1.26 bits per heavy atom. The summed E-state index contributed by atoms with van der Waals surface area (Å²) in [5, 5.41) is 16.5. The van der Waals surface area contributed by atoms with Gasteiger partial charge in [0.05, 0.1) is 12.5 Å². The molecule has 0 aliphatic rings. The number of halogens is 1. The number of ether oxygens (including phenoxy) is 1. The second-order valence-corrected chi connectivity index (χ2v) is 5.24. The van der Waals surface area contributed by atoms with Crippen LogP contribution in [0.4, 0.5) is 0 Å². The fourth-order valence-electron chi connectivity index (χ4n) is 1.71. The van der Waals surface area contributed by atoms with Crippen molar-refractivity contribution in [3.63, 3.8) is 0 Å². The van der Waals surface area contributed by atoms with Gasteiger partial charge in [0, 0.05) is 22.7 Å². The number of benzene rings is 1. The van der Waals surface area contributed by atoms with Gasteiger partial charge in [-0.3, -0.25) is 14.4 Å². The lowest BCUT2D eigenvalue weighted by Gasteiger charge is -2.07. The van der Waals surface area contributed by atoms with Crippen LogP contribution in [0.2, 0.25) is 5.02 Å². The fraction of sp³-hybridized carbons (Fsp3) is 0.312. The molecular formula is C16H15ClN2O4. The maximum Gasteiger partial charge on any atom is 0.306 e. The van der Waals surface area contributed by atoms with Crippen LogP contribution >= 0.6 is 11.6 Å². The van der Waals surface area contributed by atoms with E-state index in [2.05, 4.69) is 0 Å². The Bertz CT molecular complexity index is 662. The highest BCUT2D eigenvalue weighted by atomic mass is 35.5. The Labute approximate surface area is 138 Å². The minimum absolute atomic E-state index is 0.0556. The fourth-order valence-corrected chi connectivity index (χ4v) is 1.84. The molecule has 0 fully saturated rings. The summed E-state index contributed by atoms with van der Waals surface area (Å²) in [6.07, 6.45) is -0.227. The zero-order valence-electron chi connectivity index (χ0n) is 12.5. The topological polar surface area (TPSA) is 108 Å². The Hall–Kier alpha value is -2.52. The first kappa shape index (κ1) is 18.5. The molecule has 0 aliphatic carbocycles. The van der Waals surface area contributed by atoms with Crippen LogP contribution in [0, 0.1) is 22.7 Å². The van der Waals surface area contributed by atoms with E-state index in [0.29, 0.717) is 10.6 Å². The quantitative estimate of drug-likeness (QED) is 0.446. The van der Waals surface area contributed by atoms with Gasteiger partial charge in [0.15, 0.2) is 18.2 Å². The van der Waals surface area contributed by atoms with E-state index in [1.54, 1.807) is 30.3 Å². The molecule has 1 atom stereocenters. The number of nitriles is 1. The van der Waals surface area contributed by atoms with E-state index < -0.39 is 24.3 Å². The molecule has 0 radical (unpaired) electrons. The highest BCUT2D eigenvalue weighted by Gasteiger charge is 2.21. The van der Waals surface area contributed by atoms with Gasteiger partial charge in [-0.2, -0.15) is 5.26 Å². The molecule has 1 aromatic rings. The number of esters is 1. The van der Waals surface area contributed by atoms with Crippen molar-refractivity contribution in [2.75, 3.05) is 6.61 Å². The SMILES string of the molecule is CC(=N)C(C#N)C(=O)COC(=O)CCC(=O)c1ccc(Cl)cc1. The van der Waals surface area contributed by atoms with Crippen molar-refractivity contribution in [1.29, 1.82) is 10.7 Å². The first-order chi connectivity index (χ1) is 10.8. The summed E-state index contributed by atoms with van der Waals surface area (Å²) in [5.74, 6) is -2.81. The molecule has 120 valence electrons. The molecule has 23 heavy (non-hydrogen) atoms. The van der Waals surface area contributed by atoms with Gasteiger partial charge in [0.25, 0.3) is 0 Å². The van der Waals surface area contributed by atoms with Gasteiger partial charge < -0.3 is 10.1 Å². The maximum atomic E-state index is 11.9. The van der Waals surface area contributed by atoms with Crippen molar-refractivity contribution < 1.29 is 19.1 Å². The molecule has 0 bridgehead atoms. The van der Waals surface area contributed by atoms with E-state index in [9.17, 15) is 14.4 Å². The minimum atomic E-state index is -1.21. The van der Waals surface area contributed by atoms with Gasteiger partial charge in [0.1, 0.15) is 5.92 Å². The number of Topliss-reactive ketones (excluding diaryl/α,β-unsaturated/α-hetero) is 2. The summed E-state index contributed by atoms with van der Waals surface area (Å²) in [5.41, 5.74) is 0.328. The Morgan fingerprint density at radius 3 is 2.39 bits per heavy atom. The van der Waals surface area contributed by atoms with Crippen LogP contribution in [0.25, 0.3) is 0 Å². The van der Waals surface area contributed by atoms with Gasteiger partial charge in [-0.15, -0.1) is 0 Å². The first-order valence-electron chi connectivity index (χ1n) is 6.77. The van der Waals surface area contributed by atoms with Crippen LogP contribution in [0.3, 0.4) is 0 Å². The Balaban J connectivity index is 2.41. The summed E-state index contributed by atoms with van der Waals surface area (Å²) in [4.78, 5) is 35.0. The molecule has 0 heterocycles. The van der Waals surface area contributed by atoms with Gasteiger partial charge in [-0.1, -0.05) is 11.6 Å². The number of nitrogens with zero attached hydrogens (tertiary/aromatic N) is 1. The van der Waals surface area contributed by atoms with Crippen LogP contribution in [0.5, 0.6) is 0 Å². The second kappa shape index (κ2) is 8.81. The van der Waals surface area contributed by atoms with Crippen LogP contribution in [-0.4, -0.2) is 29.9 Å². The first-order valence-corrected chi connectivity index (χ1v) is 7.14. The van der Waals surface area contributed by atoms with Crippen molar-refractivity contribution in [3.05, 3.63) is 34.9 Å². The smallest absolute Gasteiger partial charge is 0.306 e. The molecule has 0 saturated heterocycles. The zero-order chi connectivity index (χ0) is 17.4. The zero-order valence-corrected chi connectivity index (χ0v) is 13.2. The van der Waals surface area contributed by atoms with Crippen molar-refractivity contribution in [2.24, 2.45) is 5.92 Å². The lowest BCUT2D eigenvalue weighted by molar-refractivity contribution is -0.148. The summed E-state index contributed by atoms with van der Waals surface area (Å²) >= 11 is 5.72. The normalized spacial score (nSPS) is 11.2. The number of ketones is 2. The van der Waals surface area contributed by atoms with Gasteiger partial charge in [-0.25, -0.2) is 0 Å². The number of nitrogens with one attached hydrogen (secondary N) is 1. The van der Waals surface area contributed by atoms with Crippen LogP contribution < -0.4 is 0 Å². The van der Waals surface area contributed by atoms with Crippen molar-refractivity contribution in [2.45, 2.75) is 19.8 Å². The number of carbonyl (C=O) groups excluding carboxylic acids is 3. The molecule has 7 heteroatoms. The Morgan fingerprint density at radius 2 is 1.87 bits per heavy atom. The van der Waals surface area contributed by atoms with Gasteiger partial charge in [0.2, 0.25) is 0 Å². The molecule has 0 spiro atoms. The van der Waals surface area contributed by atoms with Crippen LogP contribution in [0.15, 0.2) is 24.3 Å². The summed E-state index contributed by atoms with van der Waals surface area (Å²) < 4.78 is 4.73. The molecule has 1 rings (SSSR count). The minimum Gasteiger partial charge on any atom is -0.458 e. The van der Waals surface area contributed by atoms with Crippen LogP contribution in [0.1, 0.15) is 30.1 Å². The molecule has 0 saturated carbocycles. The van der Waals surface area contributed by atoms with Crippen molar-refractivity contribution >= 4 is 34.8 Å². The standard InChI is InChI=1S/C16H15ClN2O4/c1-10(19)13(8-18)15(21)9-23-16(22)7-6-14(20)11-2-4-12(17)5-3-11/h2-5,13,19H,6-7,9H2,1H3. The highest BCUT2D eigenvalue weighted by molar-refractivity contribution is 6.30. The number of hydrogen-bond donors (Lipinski definition) is 1. The average molecular weight is 335 g/mol. The van der Waals surface area contributed by atoms with Gasteiger partial charge >= 0.3 is 5.97 Å². The largest absolute Gasteiger partial charge is 0.458 e. The molecule has 1 N–H and O–H groups in total. The summed E-state index contributed by atoms with van der Waals surface area (Å²) in [6.45, 7) is 0.751. The lowest BCUT2D eigenvalue weighted by Crippen LogP contribution is -2.25. The third kappa shape index (κ3) is 6.01. The van der Waals surface area contributed by atoms with E-state index in [4.69, 9.17) is 27.0 Å². The highest BCUT2D eigenvalue weighted by Crippen LogP contribution is 2.12. The monoisotopic (exact) mass is 334 g/mol. The number of hydrogen-bond acceptors (Lipinski definition) is 6. The van der Waals surface area contributed by atoms with E-state index in [0.717, 1.165) is 0 Å². The predicted molar refractivity (Wildman–Crippen MR) is 83.5 cm³/mol. The molecule has 0 amide bonds. The molecule has 1 aromatic carbocycles. The van der Waals surface area contributed by atoms with Crippen molar-refractivity contribution in [1.82, 2.24) is 0 Å². The molecule has 1 unspecified atom stereocenters. The Kier molecular flexibility index (Phi) is 7.10. The van der Waals surface area contributed by atoms with Crippen LogP contribution in [-0.2, 0) is 14.3 Å². The lowest BCUT2D eigenvalue weighted by atomic mass is 10.0. The third-order valence-electron chi connectivity index (χ3n) is 2.98. The van der Waals surface area contributed by atoms with E-state index in [-0.39, 0.29) is 24.3 Å². The molecule has 0 aromatic heterocycles. The molecular weight excluding hydrogens is 320 g/mol. The summed E-state index contributed by atoms with van der Waals surface area (Å²) in [6, 6.07) is 7.94. The van der Waals surface area contributed by atoms with Crippen molar-refractivity contribution in [3.8, 4) is 6.07 Å². The van der Waals surface area contributed by atoms with E-state index in [1.807, 2.05) is 0 Å². The maximum absolute atomic E-state index is 11.9. The van der Waals surface area contributed by atoms with Gasteiger partial charge in [-0.05, 0) is 31.2 Å². The number of rotatable bonds is 8. The predicted octanol–water partition coefficient (Wildman–Crippen LogP) is 2.59. The number of carbonyl (C=O) groups is 3. The molecule has 0 aliphatic heterocycles.